The van der Waals surface area contributed by atoms with Crippen LogP contribution in [0.2, 0.25) is 0 Å². The largest absolute Gasteiger partial charge is 0.491 e. The second-order valence-electron chi connectivity index (χ2n) is 6.99. The number of ketones is 1. The van der Waals surface area contributed by atoms with Crippen LogP contribution >= 0.6 is 0 Å². The Morgan fingerprint density at radius 2 is 2.00 bits per heavy atom. The number of rotatable bonds is 11. The van der Waals surface area contributed by atoms with Gasteiger partial charge in [0.25, 0.3) is 0 Å². The van der Waals surface area contributed by atoms with Gasteiger partial charge in [-0.2, -0.15) is 0 Å². The lowest BCUT2D eigenvalue weighted by Gasteiger charge is -2.17. The number of allylic oxidation sites excluding steroid dienone is 2. The second-order valence-corrected chi connectivity index (χ2v) is 6.99. The van der Waals surface area contributed by atoms with E-state index in [1.54, 1.807) is 24.3 Å². The molecule has 0 aromatic heterocycles. The van der Waals surface area contributed by atoms with Crippen LogP contribution in [0.1, 0.15) is 32.1 Å². The molecule has 1 saturated carbocycles. The first kappa shape index (κ1) is 21.9. The zero-order valence-electron chi connectivity index (χ0n) is 15.8. The van der Waals surface area contributed by atoms with E-state index in [0.717, 1.165) is 0 Å². The summed E-state index contributed by atoms with van der Waals surface area (Å²) in [6.45, 7) is 0.0887. The molecule has 0 saturated heterocycles. The Hall–Kier alpha value is -2.44. The average molecular weight is 388 g/mol. The van der Waals surface area contributed by atoms with E-state index in [1.165, 1.54) is 0 Å². The molecule has 152 valence electrons. The smallest absolute Gasteiger partial charge is 0.303 e. The number of para-hydroxylation sites is 1. The predicted octanol–water partition coefficient (Wildman–Crippen LogP) is 2.75. The molecule has 4 atom stereocenters. The normalized spacial score (nSPS) is 23.5. The van der Waals surface area contributed by atoms with Crippen LogP contribution in [0.3, 0.4) is 0 Å². The molecule has 0 bridgehead atoms. The summed E-state index contributed by atoms with van der Waals surface area (Å²) in [4.78, 5) is 22.7. The summed E-state index contributed by atoms with van der Waals surface area (Å²) >= 11 is 0. The van der Waals surface area contributed by atoms with Gasteiger partial charge >= 0.3 is 5.97 Å². The third-order valence-electron chi connectivity index (χ3n) is 4.77. The van der Waals surface area contributed by atoms with E-state index in [4.69, 9.17) is 9.84 Å². The van der Waals surface area contributed by atoms with Crippen LogP contribution < -0.4 is 4.74 Å². The van der Waals surface area contributed by atoms with Crippen LogP contribution in [0, 0.1) is 11.8 Å². The minimum Gasteiger partial charge on any atom is -0.491 e. The standard InChI is InChI=1S/C22H28O6/c23-16(15-28-17-8-4-3-5-9-17)12-13-19-18(20(24)14-21(19)25)10-6-1-2-7-11-22(26)27/h1,3-6,8-9,12-13,16,18-19,21,23,25H,2,7,10-11,14-15H2,(H,26,27)/b6-1+,13-12+/t16-,18-,19-,21-/m1/s1. The molecule has 6 heteroatoms. The maximum atomic E-state index is 12.2. The van der Waals surface area contributed by atoms with Gasteiger partial charge in [0.15, 0.2) is 0 Å². The van der Waals surface area contributed by atoms with Gasteiger partial charge in [-0.3, -0.25) is 9.59 Å². The molecule has 6 nitrogen and oxygen atoms in total. The number of Topliss-reactive ketones (excluding diaryl/α,β-unsaturated/α-hetero) is 1. The Balaban J connectivity index is 1.82. The van der Waals surface area contributed by atoms with Gasteiger partial charge in [0, 0.05) is 24.7 Å². The zero-order valence-corrected chi connectivity index (χ0v) is 15.8. The number of unbranched alkanes of at least 4 members (excludes halogenated alkanes) is 1. The van der Waals surface area contributed by atoms with Gasteiger partial charge in [-0.05, 0) is 31.4 Å². The third-order valence-corrected chi connectivity index (χ3v) is 4.77. The fourth-order valence-corrected chi connectivity index (χ4v) is 3.27. The van der Waals surface area contributed by atoms with Gasteiger partial charge in [-0.25, -0.2) is 0 Å². The summed E-state index contributed by atoms with van der Waals surface area (Å²) in [5.41, 5.74) is 0. The Morgan fingerprint density at radius 1 is 1.25 bits per heavy atom. The number of carboxylic acid groups (broad SMARTS) is 1. The highest BCUT2D eigenvalue weighted by Crippen LogP contribution is 2.33. The van der Waals surface area contributed by atoms with Crippen LogP contribution in [-0.2, 0) is 9.59 Å². The van der Waals surface area contributed by atoms with Gasteiger partial charge in [0.2, 0.25) is 0 Å². The SMILES string of the molecule is O=C(O)CCC/C=C/C[C@H]1C(=O)C[C@@H](O)[C@@H]1/C=C/[C@@H](O)COc1ccccc1. The molecule has 1 aromatic rings. The Labute approximate surface area is 165 Å². The summed E-state index contributed by atoms with van der Waals surface area (Å²) in [5, 5.41) is 28.9. The molecule has 0 radical (unpaired) electrons. The molecule has 0 heterocycles. The first-order valence-electron chi connectivity index (χ1n) is 9.59. The lowest BCUT2D eigenvalue weighted by Crippen LogP contribution is -2.20. The molecule has 0 unspecified atom stereocenters. The van der Waals surface area contributed by atoms with Crippen LogP contribution in [0.25, 0.3) is 0 Å². The van der Waals surface area contributed by atoms with E-state index in [1.807, 2.05) is 30.4 Å². The maximum absolute atomic E-state index is 12.2. The number of aliphatic carboxylic acids is 1. The number of aliphatic hydroxyl groups excluding tert-OH is 2. The Morgan fingerprint density at radius 3 is 2.71 bits per heavy atom. The average Bonchev–Trinajstić information content (AvgIpc) is 2.94. The molecule has 1 fully saturated rings. The van der Waals surface area contributed by atoms with Crippen molar-refractivity contribution in [2.45, 2.75) is 44.3 Å². The number of carbonyl (C=O) groups excluding carboxylic acids is 1. The molecular weight excluding hydrogens is 360 g/mol. The highest BCUT2D eigenvalue weighted by atomic mass is 16.5. The van der Waals surface area contributed by atoms with Gasteiger partial charge < -0.3 is 20.1 Å². The van der Waals surface area contributed by atoms with E-state index in [0.29, 0.717) is 25.0 Å². The van der Waals surface area contributed by atoms with E-state index >= 15 is 0 Å². The monoisotopic (exact) mass is 388 g/mol. The fourth-order valence-electron chi connectivity index (χ4n) is 3.27. The summed E-state index contributed by atoms with van der Waals surface area (Å²) in [6, 6.07) is 9.17. The lowest BCUT2D eigenvalue weighted by atomic mass is 9.90. The van der Waals surface area contributed by atoms with Gasteiger partial charge in [-0.1, -0.05) is 42.5 Å². The van der Waals surface area contributed by atoms with Crippen molar-refractivity contribution in [2.24, 2.45) is 11.8 Å². The first-order valence-corrected chi connectivity index (χ1v) is 9.59. The Kier molecular flexibility index (Phi) is 8.91. The van der Waals surface area contributed by atoms with Crippen molar-refractivity contribution in [3.8, 4) is 5.75 Å². The molecule has 28 heavy (non-hydrogen) atoms. The molecule has 2 rings (SSSR count). The molecule has 1 aromatic carbocycles. The highest BCUT2D eigenvalue weighted by Gasteiger charge is 2.39. The van der Waals surface area contributed by atoms with Crippen LogP contribution in [0.15, 0.2) is 54.6 Å². The van der Waals surface area contributed by atoms with E-state index in [2.05, 4.69) is 0 Å². The highest BCUT2D eigenvalue weighted by molar-refractivity contribution is 5.84. The van der Waals surface area contributed by atoms with Crippen molar-refractivity contribution in [3.05, 3.63) is 54.6 Å². The van der Waals surface area contributed by atoms with E-state index < -0.39 is 18.2 Å². The van der Waals surface area contributed by atoms with Gasteiger partial charge in [0.05, 0.1) is 6.10 Å². The molecule has 0 amide bonds. The second kappa shape index (κ2) is 11.4. The summed E-state index contributed by atoms with van der Waals surface area (Å²) in [6.07, 6.45) is 7.37. The van der Waals surface area contributed by atoms with Gasteiger partial charge in [-0.15, -0.1) is 0 Å². The lowest BCUT2D eigenvalue weighted by molar-refractivity contribution is -0.137. The summed E-state index contributed by atoms with van der Waals surface area (Å²) in [7, 11) is 0. The van der Waals surface area contributed by atoms with Crippen molar-refractivity contribution in [3.63, 3.8) is 0 Å². The summed E-state index contributed by atoms with van der Waals surface area (Å²) < 4.78 is 5.49. The zero-order chi connectivity index (χ0) is 20.4. The number of hydrogen-bond donors (Lipinski definition) is 3. The van der Waals surface area contributed by atoms with E-state index in [-0.39, 0.29) is 37.1 Å². The first-order chi connectivity index (χ1) is 13.5. The number of carboxylic acids is 1. The molecule has 1 aliphatic carbocycles. The third kappa shape index (κ3) is 7.29. The van der Waals surface area contributed by atoms with Crippen LogP contribution in [0.5, 0.6) is 5.75 Å². The van der Waals surface area contributed by atoms with E-state index in [9.17, 15) is 19.8 Å². The summed E-state index contributed by atoms with van der Waals surface area (Å²) in [5.74, 6) is -0.821. The van der Waals surface area contributed by atoms with Crippen LogP contribution in [-0.4, -0.2) is 45.9 Å². The Bertz CT molecular complexity index is 682. The van der Waals surface area contributed by atoms with Crippen LogP contribution in [0.4, 0.5) is 0 Å². The van der Waals surface area contributed by atoms with Crippen molar-refractivity contribution >= 4 is 11.8 Å². The molecule has 0 aliphatic heterocycles. The minimum atomic E-state index is -0.838. The predicted molar refractivity (Wildman–Crippen MR) is 105 cm³/mol. The van der Waals surface area contributed by atoms with Crippen molar-refractivity contribution in [1.82, 2.24) is 0 Å². The molecule has 0 spiro atoms. The number of benzene rings is 1. The molecular formula is C22H28O6. The molecule has 3 N–H and O–H groups in total. The number of carbonyl (C=O) groups is 2. The maximum Gasteiger partial charge on any atom is 0.303 e. The van der Waals surface area contributed by atoms with Crippen molar-refractivity contribution < 1.29 is 29.6 Å². The minimum absolute atomic E-state index is 0.00682. The number of hydrogen-bond acceptors (Lipinski definition) is 5. The molecule has 1 aliphatic rings. The van der Waals surface area contributed by atoms with Crippen molar-refractivity contribution in [2.75, 3.05) is 6.61 Å². The number of ether oxygens (including phenoxy) is 1. The fraction of sp³-hybridized carbons (Fsp3) is 0.455. The van der Waals surface area contributed by atoms with Crippen molar-refractivity contribution in [1.29, 1.82) is 0 Å². The number of aliphatic hydroxyl groups is 2. The quantitative estimate of drug-likeness (QED) is 0.398. The topological polar surface area (TPSA) is 104 Å². The van der Waals surface area contributed by atoms with Gasteiger partial charge in [0.1, 0.15) is 24.2 Å².